The molecule has 134 valence electrons. The first kappa shape index (κ1) is 16.4. The van der Waals surface area contributed by atoms with E-state index in [1.54, 1.807) is 0 Å². The van der Waals surface area contributed by atoms with Gasteiger partial charge in [0.2, 0.25) is 5.89 Å². The largest absolute Gasteiger partial charge is 0.439 e. The van der Waals surface area contributed by atoms with Gasteiger partial charge in [0.25, 0.3) is 0 Å². The van der Waals surface area contributed by atoms with Crippen molar-refractivity contribution in [2.45, 2.75) is 13.0 Å². The van der Waals surface area contributed by atoms with Gasteiger partial charge in [0, 0.05) is 39.3 Å². The Morgan fingerprint density at radius 1 is 1.04 bits per heavy atom. The van der Waals surface area contributed by atoms with Crippen molar-refractivity contribution in [3.63, 3.8) is 0 Å². The topological polar surface area (TPSA) is 62.1 Å². The number of morpholine rings is 1. The molecular weight excluding hydrogens is 320 g/mol. The Bertz CT molecular complexity index is 700. The molecule has 0 radical (unpaired) electrons. The number of carbonyl (C=O) groups excluding carboxylic acids is 1. The Morgan fingerprint density at radius 3 is 2.44 bits per heavy atom. The van der Waals surface area contributed by atoms with Crippen LogP contribution >= 0.6 is 0 Å². The summed E-state index contributed by atoms with van der Waals surface area (Å²) < 4.78 is 11.2. The number of urea groups is 1. The number of ether oxygens (including phenoxy) is 1. The van der Waals surface area contributed by atoms with Crippen molar-refractivity contribution in [1.82, 2.24) is 19.7 Å². The average Bonchev–Trinajstić information content (AvgIpc) is 3.12. The van der Waals surface area contributed by atoms with Crippen LogP contribution in [0.3, 0.4) is 0 Å². The lowest BCUT2D eigenvalue weighted by Crippen LogP contribution is -2.55. The number of nitrogens with zero attached hydrogens (tertiary/aromatic N) is 4. The van der Waals surface area contributed by atoms with Crippen molar-refractivity contribution >= 4 is 17.1 Å². The summed E-state index contributed by atoms with van der Waals surface area (Å²) in [5, 5.41) is 0. The number of fused-ring (bicyclic) bond motifs is 1. The van der Waals surface area contributed by atoms with Gasteiger partial charge in [-0.25, -0.2) is 9.78 Å². The van der Waals surface area contributed by atoms with Gasteiger partial charge < -0.3 is 19.0 Å². The van der Waals surface area contributed by atoms with Gasteiger partial charge in [-0.05, 0) is 19.1 Å². The first-order valence-electron chi connectivity index (χ1n) is 8.93. The number of carbonyl (C=O) groups is 1. The number of hydrogen-bond acceptors (Lipinski definition) is 5. The second-order valence-corrected chi connectivity index (χ2v) is 6.60. The molecule has 3 heterocycles. The normalized spacial score (nSPS) is 20.8. The van der Waals surface area contributed by atoms with Crippen LogP contribution in [0, 0.1) is 0 Å². The van der Waals surface area contributed by atoms with Gasteiger partial charge in [-0.3, -0.25) is 4.90 Å². The number of benzene rings is 1. The zero-order chi connectivity index (χ0) is 17.2. The molecule has 7 nitrogen and oxygen atoms in total. The molecule has 0 bridgehead atoms. The van der Waals surface area contributed by atoms with Gasteiger partial charge in [0.05, 0.1) is 19.3 Å². The van der Waals surface area contributed by atoms with E-state index >= 15 is 0 Å². The highest BCUT2D eigenvalue weighted by Crippen LogP contribution is 2.25. The molecule has 1 aromatic heterocycles. The van der Waals surface area contributed by atoms with Crippen LogP contribution in [0.2, 0.25) is 0 Å². The molecule has 4 rings (SSSR count). The molecule has 25 heavy (non-hydrogen) atoms. The van der Waals surface area contributed by atoms with Crippen LogP contribution < -0.4 is 0 Å². The molecule has 1 atom stereocenters. The molecule has 1 aromatic carbocycles. The van der Waals surface area contributed by atoms with Crippen LogP contribution in [-0.2, 0) is 4.74 Å². The Morgan fingerprint density at radius 2 is 1.72 bits per heavy atom. The van der Waals surface area contributed by atoms with Crippen LogP contribution in [0.1, 0.15) is 18.9 Å². The lowest BCUT2D eigenvalue weighted by Gasteiger charge is -2.39. The highest BCUT2D eigenvalue weighted by molar-refractivity contribution is 5.74. The number of para-hydroxylation sites is 2. The van der Waals surface area contributed by atoms with Crippen molar-refractivity contribution in [2.24, 2.45) is 0 Å². The van der Waals surface area contributed by atoms with Crippen LogP contribution in [0.25, 0.3) is 11.1 Å². The fourth-order valence-corrected chi connectivity index (χ4v) is 3.48. The summed E-state index contributed by atoms with van der Waals surface area (Å²) in [4.78, 5) is 23.3. The Hall–Kier alpha value is -2.12. The second kappa shape index (κ2) is 7.01. The molecule has 2 aliphatic heterocycles. The minimum absolute atomic E-state index is 0.105. The molecular formula is C18H24N4O3. The van der Waals surface area contributed by atoms with Crippen molar-refractivity contribution in [2.75, 3.05) is 52.5 Å². The highest BCUT2D eigenvalue weighted by atomic mass is 16.5. The monoisotopic (exact) mass is 344 g/mol. The molecule has 2 amide bonds. The number of piperazine rings is 1. The molecule has 7 heteroatoms. The third-order valence-corrected chi connectivity index (χ3v) is 5.08. The van der Waals surface area contributed by atoms with Crippen molar-refractivity contribution in [3.05, 3.63) is 30.2 Å². The fraction of sp³-hybridized carbons (Fsp3) is 0.556. The van der Waals surface area contributed by atoms with Crippen molar-refractivity contribution in [3.8, 4) is 0 Å². The fourth-order valence-electron chi connectivity index (χ4n) is 3.48. The maximum absolute atomic E-state index is 12.6. The van der Waals surface area contributed by atoms with E-state index in [-0.39, 0.29) is 12.1 Å². The van der Waals surface area contributed by atoms with E-state index in [0.717, 1.165) is 43.2 Å². The Balaban J connectivity index is 1.36. The summed E-state index contributed by atoms with van der Waals surface area (Å²) in [6.07, 6.45) is 0. The van der Waals surface area contributed by atoms with E-state index in [2.05, 4.69) is 16.8 Å². The smallest absolute Gasteiger partial charge is 0.320 e. The van der Waals surface area contributed by atoms with Crippen LogP contribution in [0.5, 0.6) is 0 Å². The average molecular weight is 344 g/mol. The maximum Gasteiger partial charge on any atom is 0.320 e. The SMILES string of the molecule is C[C@H](c1nc2ccccc2o1)N1CCN(C(=O)N2CCOCC2)CC1. The first-order chi connectivity index (χ1) is 12.2. The lowest BCUT2D eigenvalue weighted by atomic mass is 10.2. The summed E-state index contributed by atoms with van der Waals surface area (Å²) in [5.74, 6) is 0.745. The molecule has 0 spiro atoms. The zero-order valence-electron chi connectivity index (χ0n) is 14.6. The highest BCUT2D eigenvalue weighted by Gasteiger charge is 2.29. The molecule has 0 N–H and O–H groups in total. The minimum Gasteiger partial charge on any atom is -0.439 e. The minimum atomic E-state index is 0.105. The number of hydrogen-bond donors (Lipinski definition) is 0. The zero-order valence-corrected chi connectivity index (χ0v) is 14.6. The van der Waals surface area contributed by atoms with Gasteiger partial charge in [-0.2, -0.15) is 0 Å². The number of aromatic nitrogens is 1. The van der Waals surface area contributed by atoms with E-state index in [1.165, 1.54) is 0 Å². The molecule has 0 saturated carbocycles. The molecule has 2 saturated heterocycles. The third-order valence-electron chi connectivity index (χ3n) is 5.08. The van der Waals surface area contributed by atoms with Crippen LogP contribution in [-0.4, -0.2) is 78.2 Å². The Kier molecular flexibility index (Phi) is 4.59. The molecule has 0 unspecified atom stereocenters. The number of amides is 2. The summed E-state index contributed by atoms with van der Waals surface area (Å²) in [5.41, 5.74) is 1.72. The van der Waals surface area contributed by atoms with Gasteiger partial charge in [-0.15, -0.1) is 0 Å². The van der Waals surface area contributed by atoms with E-state index < -0.39 is 0 Å². The quantitative estimate of drug-likeness (QED) is 0.833. The molecule has 2 aliphatic rings. The van der Waals surface area contributed by atoms with Gasteiger partial charge in [-0.1, -0.05) is 12.1 Å². The lowest BCUT2D eigenvalue weighted by molar-refractivity contribution is 0.0343. The molecule has 0 aliphatic carbocycles. The second-order valence-electron chi connectivity index (χ2n) is 6.60. The standard InChI is InChI=1S/C18H24N4O3/c1-14(17-19-15-4-2-3-5-16(15)25-17)20-6-8-21(9-7-20)18(23)22-10-12-24-13-11-22/h2-5,14H,6-13H2,1H3/t14-/m1/s1. The first-order valence-corrected chi connectivity index (χ1v) is 8.93. The summed E-state index contributed by atoms with van der Waals surface area (Å²) >= 11 is 0. The maximum atomic E-state index is 12.6. The number of oxazole rings is 1. The van der Waals surface area contributed by atoms with Gasteiger partial charge in [0.1, 0.15) is 5.52 Å². The Labute approximate surface area is 147 Å². The van der Waals surface area contributed by atoms with Crippen molar-refractivity contribution in [1.29, 1.82) is 0 Å². The molecule has 2 aromatic rings. The van der Waals surface area contributed by atoms with E-state index in [4.69, 9.17) is 9.15 Å². The van der Waals surface area contributed by atoms with Gasteiger partial charge >= 0.3 is 6.03 Å². The van der Waals surface area contributed by atoms with E-state index in [0.29, 0.717) is 26.3 Å². The third kappa shape index (κ3) is 3.34. The number of rotatable bonds is 2. The summed E-state index contributed by atoms with van der Waals surface area (Å²) in [6.45, 7) is 7.91. The summed E-state index contributed by atoms with van der Waals surface area (Å²) in [7, 11) is 0. The van der Waals surface area contributed by atoms with Gasteiger partial charge in [0.15, 0.2) is 5.58 Å². The predicted octanol–water partition coefficient (Wildman–Crippen LogP) is 1.96. The van der Waals surface area contributed by atoms with Crippen LogP contribution in [0.15, 0.2) is 28.7 Å². The summed E-state index contributed by atoms with van der Waals surface area (Å²) in [6, 6.07) is 8.07. The van der Waals surface area contributed by atoms with Crippen molar-refractivity contribution < 1.29 is 13.9 Å². The predicted molar refractivity (Wildman–Crippen MR) is 93.4 cm³/mol. The van der Waals surface area contributed by atoms with Crippen LogP contribution in [0.4, 0.5) is 4.79 Å². The van der Waals surface area contributed by atoms with E-state index in [9.17, 15) is 4.79 Å². The molecule has 2 fully saturated rings. The van der Waals surface area contributed by atoms with E-state index in [1.807, 2.05) is 34.1 Å².